The number of hydrogen-bond donors (Lipinski definition) is 3. The predicted octanol–water partition coefficient (Wildman–Crippen LogP) is 0.499. The standard InChI is InChI=1S/C11H14FN3O2/c1-7(15-11(13)17)10(16)14-6-8-4-2-3-5-9(8)12/h2-5,7H,6H2,1H3,(H,14,16)(H3,13,15,17). The van der Waals surface area contributed by atoms with Crippen molar-refractivity contribution in [2.24, 2.45) is 5.73 Å². The van der Waals surface area contributed by atoms with Gasteiger partial charge in [0.1, 0.15) is 11.9 Å². The third-order valence-electron chi connectivity index (χ3n) is 2.16. The lowest BCUT2D eigenvalue weighted by atomic mass is 10.2. The molecule has 1 rings (SSSR count). The van der Waals surface area contributed by atoms with Crippen molar-refractivity contribution < 1.29 is 14.0 Å². The van der Waals surface area contributed by atoms with E-state index >= 15 is 0 Å². The van der Waals surface area contributed by atoms with E-state index in [1.165, 1.54) is 13.0 Å². The van der Waals surface area contributed by atoms with Crippen molar-refractivity contribution in [2.75, 3.05) is 0 Å². The molecule has 1 unspecified atom stereocenters. The van der Waals surface area contributed by atoms with E-state index in [4.69, 9.17) is 5.73 Å². The number of benzene rings is 1. The summed E-state index contributed by atoms with van der Waals surface area (Å²) in [7, 11) is 0. The van der Waals surface area contributed by atoms with E-state index in [0.717, 1.165) is 0 Å². The van der Waals surface area contributed by atoms with Crippen molar-refractivity contribution in [1.82, 2.24) is 10.6 Å². The second-order valence-corrected chi connectivity index (χ2v) is 3.54. The minimum absolute atomic E-state index is 0.0658. The molecular formula is C11H14FN3O2. The number of nitrogens with one attached hydrogen (secondary N) is 2. The van der Waals surface area contributed by atoms with Gasteiger partial charge in [0.2, 0.25) is 5.91 Å². The Labute approximate surface area is 98.2 Å². The molecule has 0 saturated carbocycles. The first-order chi connectivity index (χ1) is 8.00. The first-order valence-electron chi connectivity index (χ1n) is 5.08. The first kappa shape index (κ1) is 13.0. The van der Waals surface area contributed by atoms with E-state index in [9.17, 15) is 14.0 Å². The molecule has 1 aromatic carbocycles. The zero-order valence-electron chi connectivity index (χ0n) is 9.37. The minimum atomic E-state index is -0.779. The lowest BCUT2D eigenvalue weighted by molar-refractivity contribution is -0.122. The van der Waals surface area contributed by atoms with Gasteiger partial charge >= 0.3 is 6.03 Å². The Hall–Kier alpha value is -2.11. The number of rotatable bonds is 4. The Morgan fingerprint density at radius 1 is 1.41 bits per heavy atom. The van der Waals surface area contributed by atoms with Gasteiger partial charge in [-0.3, -0.25) is 4.79 Å². The summed E-state index contributed by atoms with van der Waals surface area (Å²) in [6.07, 6.45) is 0. The van der Waals surface area contributed by atoms with Gasteiger partial charge in [-0.15, -0.1) is 0 Å². The van der Waals surface area contributed by atoms with Crippen molar-refractivity contribution >= 4 is 11.9 Å². The van der Waals surface area contributed by atoms with Gasteiger partial charge in [-0.05, 0) is 13.0 Å². The molecule has 5 nitrogen and oxygen atoms in total. The van der Waals surface area contributed by atoms with Crippen molar-refractivity contribution in [3.8, 4) is 0 Å². The van der Waals surface area contributed by atoms with Crippen LogP contribution in [0, 0.1) is 5.82 Å². The second-order valence-electron chi connectivity index (χ2n) is 3.54. The van der Waals surface area contributed by atoms with E-state index in [-0.39, 0.29) is 12.4 Å². The molecular weight excluding hydrogens is 225 g/mol. The third kappa shape index (κ3) is 4.10. The summed E-state index contributed by atoms with van der Waals surface area (Å²) in [5, 5.41) is 4.72. The van der Waals surface area contributed by atoms with Gasteiger partial charge in [-0.25, -0.2) is 9.18 Å². The normalized spacial score (nSPS) is 11.6. The number of amides is 3. The quantitative estimate of drug-likeness (QED) is 0.714. The highest BCUT2D eigenvalue weighted by atomic mass is 19.1. The summed E-state index contributed by atoms with van der Waals surface area (Å²) in [6.45, 7) is 1.55. The Bertz CT molecular complexity index is 423. The summed E-state index contributed by atoms with van der Waals surface area (Å²) < 4.78 is 13.2. The van der Waals surface area contributed by atoms with E-state index < -0.39 is 18.0 Å². The highest BCUT2D eigenvalue weighted by Gasteiger charge is 2.13. The van der Waals surface area contributed by atoms with Gasteiger partial charge < -0.3 is 16.4 Å². The molecule has 0 radical (unpaired) electrons. The van der Waals surface area contributed by atoms with Crippen LogP contribution in [0.25, 0.3) is 0 Å². The lowest BCUT2D eigenvalue weighted by Gasteiger charge is -2.12. The number of hydrogen-bond acceptors (Lipinski definition) is 2. The average molecular weight is 239 g/mol. The molecule has 3 amide bonds. The van der Waals surface area contributed by atoms with Crippen LogP contribution in [-0.4, -0.2) is 18.0 Å². The van der Waals surface area contributed by atoms with Crippen LogP contribution in [0.15, 0.2) is 24.3 Å². The molecule has 0 aliphatic rings. The molecule has 1 atom stereocenters. The van der Waals surface area contributed by atoms with Crippen LogP contribution in [0.1, 0.15) is 12.5 Å². The van der Waals surface area contributed by atoms with Crippen LogP contribution in [0.2, 0.25) is 0 Å². The van der Waals surface area contributed by atoms with E-state index in [2.05, 4.69) is 10.6 Å². The monoisotopic (exact) mass is 239 g/mol. The zero-order chi connectivity index (χ0) is 12.8. The lowest BCUT2D eigenvalue weighted by Crippen LogP contribution is -2.46. The van der Waals surface area contributed by atoms with E-state index in [1.807, 2.05) is 0 Å². The Kier molecular flexibility index (Phi) is 4.45. The molecule has 17 heavy (non-hydrogen) atoms. The van der Waals surface area contributed by atoms with Crippen molar-refractivity contribution in [1.29, 1.82) is 0 Å². The smallest absolute Gasteiger partial charge is 0.312 e. The van der Waals surface area contributed by atoms with Gasteiger partial charge in [0.15, 0.2) is 0 Å². The topological polar surface area (TPSA) is 84.2 Å². The Morgan fingerprint density at radius 3 is 2.65 bits per heavy atom. The zero-order valence-corrected chi connectivity index (χ0v) is 9.37. The Morgan fingerprint density at radius 2 is 2.06 bits per heavy atom. The molecule has 6 heteroatoms. The van der Waals surface area contributed by atoms with Crippen molar-refractivity contribution in [3.05, 3.63) is 35.6 Å². The molecule has 0 spiro atoms. The van der Waals surface area contributed by atoms with Crippen molar-refractivity contribution in [3.63, 3.8) is 0 Å². The minimum Gasteiger partial charge on any atom is -0.352 e. The number of carbonyl (C=O) groups excluding carboxylic acids is 2. The van der Waals surface area contributed by atoms with Crippen LogP contribution < -0.4 is 16.4 Å². The van der Waals surface area contributed by atoms with Gasteiger partial charge in [0.25, 0.3) is 0 Å². The molecule has 0 aliphatic carbocycles. The summed E-state index contributed by atoms with van der Waals surface area (Å²) in [5.74, 6) is -0.810. The SMILES string of the molecule is CC(NC(N)=O)C(=O)NCc1ccccc1F. The van der Waals surface area contributed by atoms with Crippen LogP contribution in [0.5, 0.6) is 0 Å². The molecule has 1 aromatic rings. The summed E-state index contributed by atoms with van der Waals surface area (Å²) in [4.78, 5) is 22.0. The largest absolute Gasteiger partial charge is 0.352 e. The maximum atomic E-state index is 13.2. The van der Waals surface area contributed by atoms with E-state index in [0.29, 0.717) is 5.56 Å². The van der Waals surface area contributed by atoms with Crippen molar-refractivity contribution in [2.45, 2.75) is 19.5 Å². The summed E-state index contributed by atoms with van der Waals surface area (Å²) in [5.41, 5.74) is 5.25. The number of halogens is 1. The van der Waals surface area contributed by atoms with Crippen LogP contribution in [0.4, 0.5) is 9.18 Å². The number of carbonyl (C=O) groups is 2. The van der Waals surface area contributed by atoms with Gasteiger partial charge in [0.05, 0.1) is 0 Å². The van der Waals surface area contributed by atoms with Crippen LogP contribution in [0.3, 0.4) is 0 Å². The number of primary amides is 1. The second kappa shape index (κ2) is 5.83. The summed E-state index contributed by atoms with van der Waals surface area (Å²) >= 11 is 0. The molecule has 0 heterocycles. The molecule has 0 fully saturated rings. The van der Waals surface area contributed by atoms with Gasteiger partial charge in [-0.1, -0.05) is 18.2 Å². The molecule has 92 valence electrons. The van der Waals surface area contributed by atoms with Gasteiger partial charge in [0, 0.05) is 12.1 Å². The Balaban J connectivity index is 2.48. The average Bonchev–Trinajstić information content (AvgIpc) is 2.26. The maximum Gasteiger partial charge on any atom is 0.312 e. The maximum absolute atomic E-state index is 13.2. The molecule has 0 saturated heterocycles. The highest BCUT2D eigenvalue weighted by Crippen LogP contribution is 2.05. The number of nitrogens with two attached hydrogens (primary N) is 1. The fourth-order valence-electron chi connectivity index (χ4n) is 1.26. The molecule has 0 bridgehead atoms. The first-order valence-corrected chi connectivity index (χ1v) is 5.08. The highest BCUT2D eigenvalue weighted by molar-refractivity contribution is 5.86. The predicted molar refractivity (Wildman–Crippen MR) is 60.4 cm³/mol. The van der Waals surface area contributed by atoms with Crippen LogP contribution >= 0.6 is 0 Å². The van der Waals surface area contributed by atoms with Crippen LogP contribution in [-0.2, 0) is 11.3 Å². The molecule has 4 N–H and O–H groups in total. The van der Waals surface area contributed by atoms with E-state index in [1.54, 1.807) is 18.2 Å². The number of urea groups is 1. The summed E-state index contributed by atoms with van der Waals surface area (Å²) in [6, 6.07) is 4.60. The fourth-order valence-corrected chi connectivity index (χ4v) is 1.26. The molecule has 0 aliphatic heterocycles. The van der Waals surface area contributed by atoms with Gasteiger partial charge in [-0.2, -0.15) is 0 Å². The molecule has 0 aromatic heterocycles. The fraction of sp³-hybridized carbons (Fsp3) is 0.273. The third-order valence-corrected chi connectivity index (χ3v) is 2.16.